The number of rotatable bonds is 5. The van der Waals surface area contributed by atoms with Crippen LogP contribution in [0, 0.1) is 11.3 Å². The molecule has 0 amide bonds. The third kappa shape index (κ3) is 5.31. The van der Waals surface area contributed by atoms with Crippen LogP contribution in [0.3, 0.4) is 0 Å². The lowest BCUT2D eigenvalue weighted by atomic mass is 9.93. The minimum Gasteiger partial charge on any atom is -0.310 e. The van der Waals surface area contributed by atoms with Gasteiger partial charge in [0.25, 0.3) is 0 Å². The smallest absolute Gasteiger partial charge is 0.0992 e. The standard InChI is InChI=1S/C30H21BrN2.2C2H6/c1-3-20(19-32)18-23(4-2)33(24-8-6-5-7-9-24)28-17-13-22-10-14-25-27(31)16-12-21-11-15-26(28)30(22)29(21)25;2*1-2/h3-18H,1H2,2H3;2*1-2H3/b20-18+,23-4+;;. The first-order chi connectivity index (χ1) is 18.2. The van der Waals surface area contributed by atoms with Gasteiger partial charge in [0, 0.05) is 21.2 Å². The molecule has 0 unspecified atom stereocenters. The monoisotopic (exact) mass is 548 g/mol. The molecule has 0 saturated heterocycles. The Morgan fingerprint density at radius 1 is 0.811 bits per heavy atom. The Kier molecular flexibility index (Phi) is 9.66. The first-order valence-electron chi connectivity index (χ1n) is 12.8. The third-order valence-electron chi connectivity index (χ3n) is 6.05. The summed E-state index contributed by atoms with van der Waals surface area (Å²) < 4.78 is 1.09. The van der Waals surface area contributed by atoms with Gasteiger partial charge in [-0.3, -0.25) is 0 Å². The van der Waals surface area contributed by atoms with E-state index in [-0.39, 0.29) is 0 Å². The molecule has 3 heteroatoms. The van der Waals surface area contributed by atoms with Crippen LogP contribution < -0.4 is 4.90 Å². The van der Waals surface area contributed by atoms with Crippen LogP contribution in [0.4, 0.5) is 11.4 Å². The van der Waals surface area contributed by atoms with Crippen molar-refractivity contribution in [2.24, 2.45) is 0 Å². The molecular weight excluding hydrogens is 516 g/mol. The summed E-state index contributed by atoms with van der Waals surface area (Å²) in [6.07, 6.45) is 5.51. The number of para-hydroxylation sites is 1. The first-order valence-corrected chi connectivity index (χ1v) is 13.6. The lowest BCUT2D eigenvalue weighted by Crippen LogP contribution is -2.16. The van der Waals surface area contributed by atoms with Crippen molar-refractivity contribution in [2.45, 2.75) is 34.6 Å². The summed E-state index contributed by atoms with van der Waals surface area (Å²) in [5, 5.41) is 16.8. The van der Waals surface area contributed by atoms with Gasteiger partial charge in [0.2, 0.25) is 0 Å². The Labute approximate surface area is 229 Å². The SMILES string of the molecule is C=C/C(C#N)=C\C(=C/C)N(c1ccccc1)c1ccc2ccc3c(Br)ccc4ccc1c2c43.CC.CC. The van der Waals surface area contributed by atoms with Crippen LogP contribution in [0.1, 0.15) is 34.6 Å². The Morgan fingerprint density at radius 2 is 1.38 bits per heavy atom. The molecule has 0 aliphatic heterocycles. The molecule has 0 heterocycles. The number of benzene rings is 5. The van der Waals surface area contributed by atoms with Gasteiger partial charge in [-0.25, -0.2) is 0 Å². The van der Waals surface area contributed by atoms with E-state index < -0.39 is 0 Å². The van der Waals surface area contributed by atoms with Crippen LogP contribution in [-0.4, -0.2) is 0 Å². The molecule has 0 spiro atoms. The van der Waals surface area contributed by atoms with Crippen molar-refractivity contribution in [1.82, 2.24) is 0 Å². The van der Waals surface area contributed by atoms with Gasteiger partial charge in [-0.05, 0) is 64.2 Å². The molecule has 0 aromatic heterocycles. The van der Waals surface area contributed by atoms with Gasteiger partial charge in [0.1, 0.15) is 0 Å². The van der Waals surface area contributed by atoms with E-state index >= 15 is 0 Å². The van der Waals surface area contributed by atoms with E-state index in [9.17, 15) is 5.26 Å². The molecule has 0 saturated carbocycles. The number of nitriles is 1. The van der Waals surface area contributed by atoms with Crippen molar-refractivity contribution in [3.05, 3.63) is 119 Å². The van der Waals surface area contributed by atoms with Crippen molar-refractivity contribution in [2.75, 3.05) is 4.90 Å². The summed E-state index contributed by atoms with van der Waals surface area (Å²) in [5.74, 6) is 0. The zero-order valence-electron chi connectivity index (χ0n) is 22.2. The van der Waals surface area contributed by atoms with Crippen LogP contribution in [0.25, 0.3) is 32.3 Å². The molecule has 2 nitrogen and oxygen atoms in total. The third-order valence-corrected chi connectivity index (χ3v) is 6.74. The molecular formula is C34H33BrN2. The molecule has 186 valence electrons. The summed E-state index contributed by atoms with van der Waals surface area (Å²) >= 11 is 3.74. The molecule has 0 atom stereocenters. The second kappa shape index (κ2) is 12.9. The average Bonchev–Trinajstić information content (AvgIpc) is 2.98. The summed E-state index contributed by atoms with van der Waals surface area (Å²) in [6.45, 7) is 13.8. The van der Waals surface area contributed by atoms with Gasteiger partial charge in [-0.2, -0.15) is 5.26 Å². The van der Waals surface area contributed by atoms with Gasteiger partial charge < -0.3 is 4.90 Å². The van der Waals surface area contributed by atoms with Crippen molar-refractivity contribution >= 4 is 59.6 Å². The number of hydrogen-bond acceptors (Lipinski definition) is 2. The molecule has 0 bridgehead atoms. The molecule has 0 aliphatic carbocycles. The maximum absolute atomic E-state index is 9.54. The van der Waals surface area contributed by atoms with Gasteiger partial charge in [0.05, 0.1) is 17.3 Å². The summed E-state index contributed by atoms with van der Waals surface area (Å²) in [4.78, 5) is 2.21. The van der Waals surface area contributed by atoms with Crippen LogP contribution in [0.2, 0.25) is 0 Å². The van der Waals surface area contributed by atoms with Gasteiger partial charge in [-0.1, -0.05) is 117 Å². The molecule has 0 aliphatic rings. The zero-order chi connectivity index (χ0) is 26.9. The molecule has 5 aromatic carbocycles. The first kappa shape index (κ1) is 27.7. The molecule has 0 N–H and O–H groups in total. The maximum Gasteiger partial charge on any atom is 0.0992 e. The number of halogens is 1. The van der Waals surface area contributed by atoms with Crippen molar-refractivity contribution < 1.29 is 0 Å². The quantitative estimate of drug-likeness (QED) is 0.124. The van der Waals surface area contributed by atoms with Gasteiger partial charge >= 0.3 is 0 Å². The number of hydrogen-bond donors (Lipinski definition) is 0. The fourth-order valence-electron chi connectivity index (χ4n) is 4.52. The minimum absolute atomic E-state index is 0.519. The van der Waals surface area contributed by atoms with Gasteiger partial charge in [0.15, 0.2) is 0 Å². The fraction of sp³-hybridized carbons (Fsp3) is 0.147. The topological polar surface area (TPSA) is 27.0 Å². The number of anilines is 2. The molecule has 0 fully saturated rings. The van der Waals surface area contributed by atoms with E-state index in [2.05, 4.69) is 94.1 Å². The summed E-state index contributed by atoms with van der Waals surface area (Å²) in [5.41, 5.74) is 3.52. The molecule has 37 heavy (non-hydrogen) atoms. The zero-order valence-corrected chi connectivity index (χ0v) is 23.8. The second-order valence-electron chi connectivity index (χ2n) is 7.85. The molecule has 5 aromatic rings. The Morgan fingerprint density at radius 3 is 1.97 bits per heavy atom. The minimum atomic E-state index is 0.519. The van der Waals surface area contributed by atoms with E-state index in [0.29, 0.717) is 5.57 Å². The second-order valence-corrected chi connectivity index (χ2v) is 8.71. The van der Waals surface area contributed by atoms with Crippen LogP contribution in [0.15, 0.2) is 119 Å². The lowest BCUT2D eigenvalue weighted by Gasteiger charge is -2.28. The van der Waals surface area contributed by atoms with Crippen LogP contribution in [0.5, 0.6) is 0 Å². The average molecular weight is 550 g/mol. The number of allylic oxidation sites excluding steroid dienone is 4. The lowest BCUT2D eigenvalue weighted by molar-refractivity contribution is 1.21. The number of nitrogens with zero attached hydrogens (tertiary/aromatic N) is 2. The molecule has 5 rings (SSSR count). The Hall–Kier alpha value is -3.87. The predicted octanol–water partition coefficient (Wildman–Crippen LogP) is 11.1. The van der Waals surface area contributed by atoms with E-state index in [1.54, 1.807) is 6.08 Å². The predicted molar refractivity (Wildman–Crippen MR) is 167 cm³/mol. The van der Waals surface area contributed by atoms with Crippen LogP contribution in [-0.2, 0) is 0 Å². The van der Waals surface area contributed by atoms with Gasteiger partial charge in [-0.15, -0.1) is 0 Å². The van der Waals surface area contributed by atoms with Crippen molar-refractivity contribution in [3.8, 4) is 6.07 Å². The summed E-state index contributed by atoms with van der Waals surface area (Å²) in [6, 6.07) is 29.9. The van der Waals surface area contributed by atoms with E-state index in [1.807, 2.05) is 65.0 Å². The molecule has 0 radical (unpaired) electrons. The highest BCUT2D eigenvalue weighted by Crippen LogP contribution is 2.43. The van der Waals surface area contributed by atoms with E-state index in [4.69, 9.17) is 0 Å². The van der Waals surface area contributed by atoms with Crippen molar-refractivity contribution in [3.63, 3.8) is 0 Å². The highest BCUT2D eigenvalue weighted by atomic mass is 79.9. The van der Waals surface area contributed by atoms with Crippen LogP contribution >= 0.6 is 15.9 Å². The van der Waals surface area contributed by atoms with E-state index in [0.717, 1.165) is 26.9 Å². The Balaban J connectivity index is 0.000000907. The highest BCUT2D eigenvalue weighted by Gasteiger charge is 2.19. The normalized spacial score (nSPS) is 11.4. The largest absolute Gasteiger partial charge is 0.310 e. The highest BCUT2D eigenvalue weighted by molar-refractivity contribution is 9.10. The van der Waals surface area contributed by atoms with E-state index in [1.165, 1.54) is 26.9 Å². The summed E-state index contributed by atoms with van der Waals surface area (Å²) in [7, 11) is 0. The van der Waals surface area contributed by atoms with Crippen molar-refractivity contribution in [1.29, 1.82) is 5.26 Å². The Bertz CT molecular complexity index is 1600. The fourth-order valence-corrected chi connectivity index (χ4v) is 4.99. The maximum atomic E-state index is 9.54.